The molecule has 2 atom stereocenters. The molecule has 7 nitrogen and oxygen atoms in total. The largest absolute Gasteiger partial charge is 0.426 e. The molecule has 0 spiro atoms. The van der Waals surface area contributed by atoms with Crippen molar-refractivity contribution in [1.82, 2.24) is 9.29 Å². The minimum atomic E-state index is -3.60. The van der Waals surface area contributed by atoms with Gasteiger partial charge in [-0.05, 0) is 85.8 Å². The molecule has 40 heavy (non-hydrogen) atoms. The van der Waals surface area contributed by atoms with Crippen LogP contribution in [0, 0.1) is 12.8 Å². The fourth-order valence-corrected chi connectivity index (χ4v) is 7.35. The summed E-state index contributed by atoms with van der Waals surface area (Å²) in [6.45, 7) is 3.57. The Balaban J connectivity index is 1.34. The number of fused-ring (bicyclic) bond motifs is 3. The lowest BCUT2D eigenvalue weighted by molar-refractivity contribution is -0.139. The zero-order chi connectivity index (χ0) is 27.9. The van der Waals surface area contributed by atoms with Gasteiger partial charge in [-0.1, -0.05) is 35.4 Å². The standard InChI is InChI=1S/C31H31ClN2O5S/c1-20-2-13-29-28(18-20)26-12-5-22(31(35)39-24-8-6-23(32)7-9-24)19-27(30(26)33-29)21-3-10-25(11-4-21)40(36,37)34-14-16-38-17-15-34/h2-4,6-11,13,18,22,27,33H,5,12,14-17,19H2,1H3. The van der Waals surface area contributed by atoms with Crippen LogP contribution in [0.5, 0.6) is 5.75 Å². The van der Waals surface area contributed by atoms with Gasteiger partial charge < -0.3 is 14.5 Å². The number of hydrogen-bond acceptors (Lipinski definition) is 5. The first-order chi connectivity index (χ1) is 19.3. The molecule has 3 aromatic carbocycles. The van der Waals surface area contributed by atoms with Gasteiger partial charge in [-0.15, -0.1) is 0 Å². The number of halogens is 1. The topological polar surface area (TPSA) is 88.7 Å². The van der Waals surface area contributed by atoms with E-state index in [0.29, 0.717) is 49.9 Å². The van der Waals surface area contributed by atoms with Crippen LogP contribution in [0.15, 0.2) is 71.6 Å². The molecule has 1 fully saturated rings. The molecule has 4 aromatic rings. The number of rotatable bonds is 5. The number of aryl methyl sites for hydroxylation is 2. The van der Waals surface area contributed by atoms with Gasteiger partial charge in [0.25, 0.3) is 0 Å². The lowest BCUT2D eigenvalue weighted by Crippen LogP contribution is -2.40. The summed E-state index contributed by atoms with van der Waals surface area (Å²) in [7, 11) is -3.60. The SMILES string of the molecule is Cc1ccc2[nH]c3c(c2c1)CCC(C(=O)Oc1ccc(Cl)cc1)CC3c1ccc(S(=O)(=O)N2CCOCC2)cc1. The Bertz CT molecular complexity index is 1640. The summed E-state index contributed by atoms with van der Waals surface area (Å²) >= 11 is 6.00. The number of carbonyl (C=O) groups excluding carboxylic acids is 1. The summed E-state index contributed by atoms with van der Waals surface area (Å²) in [5.74, 6) is -0.275. The fraction of sp³-hybridized carbons (Fsp3) is 0.323. The molecule has 6 rings (SSSR count). The summed E-state index contributed by atoms with van der Waals surface area (Å²) < 4.78 is 39.0. The molecule has 2 aliphatic rings. The van der Waals surface area contributed by atoms with Crippen molar-refractivity contribution in [2.24, 2.45) is 5.92 Å². The Labute approximate surface area is 239 Å². The molecule has 1 aromatic heterocycles. The smallest absolute Gasteiger partial charge is 0.314 e. The quantitative estimate of drug-likeness (QED) is 0.183. The van der Waals surface area contributed by atoms with E-state index < -0.39 is 10.0 Å². The second-order valence-electron chi connectivity index (χ2n) is 10.6. The van der Waals surface area contributed by atoms with Gasteiger partial charge in [0.15, 0.2) is 0 Å². The van der Waals surface area contributed by atoms with Gasteiger partial charge in [0.05, 0.1) is 24.0 Å². The lowest BCUT2D eigenvalue weighted by atomic mass is 9.87. The van der Waals surface area contributed by atoms with Crippen molar-refractivity contribution in [3.05, 3.63) is 94.1 Å². The van der Waals surface area contributed by atoms with Crippen LogP contribution < -0.4 is 4.74 Å². The number of nitrogens with zero attached hydrogens (tertiary/aromatic N) is 1. The van der Waals surface area contributed by atoms with Crippen LogP contribution in [0.1, 0.15) is 41.1 Å². The molecule has 9 heteroatoms. The Morgan fingerprint density at radius 2 is 1.75 bits per heavy atom. The third-order valence-corrected chi connectivity index (χ3v) is 10.1. The maximum Gasteiger partial charge on any atom is 0.314 e. The number of sulfonamides is 1. The van der Waals surface area contributed by atoms with Crippen LogP contribution in [0.25, 0.3) is 10.9 Å². The fourth-order valence-electron chi connectivity index (χ4n) is 5.82. The highest BCUT2D eigenvalue weighted by Gasteiger charge is 2.34. The third kappa shape index (κ3) is 5.29. The first-order valence-corrected chi connectivity index (χ1v) is 15.4. The molecule has 2 unspecified atom stereocenters. The number of carbonyl (C=O) groups is 1. The number of nitrogens with one attached hydrogen (secondary N) is 1. The number of hydrogen-bond donors (Lipinski definition) is 1. The first-order valence-electron chi connectivity index (χ1n) is 13.6. The number of ether oxygens (including phenoxy) is 2. The van der Waals surface area contributed by atoms with Crippen molar-refractivity contribution in [2.75, 3.05) is 26.3 Å². The maximum atomic E-state index is 13.4. The van der Waals surface area contributed by atoms with Crippen molar-refractivity contribution >= 4 is 38.5 Å². The highest BCUT2D eigenvalue weighted by Crippen LogP contribution is 2.41. The number of H-pyrrole nitrogens is 1. The van der Waals surface area contributed by atoms with E-state index in [9.17, 15) is 13.2 Å². The molecule has 0 radical (unpaired) electrons. The van der Waals surface area contributed by atoms with E-state index in [2.05, 4.69) is 30.1 Å². The second-order valence-corrected chi connectivity index (χ2v) is 12.9. The van der Waals surface area contributed by atoms with Gasteiger partial charge in [0.1, 0.15) is 5.75 Å². The average molecular weight is 579 g/mol. The van der Waals surface area contributed by atoms with E-state index in [1.54, 1.807) is 36.4 Å². The number of aromatic amines is 1. The molecule has 1 N–H and O–H groups in total. The Morgan fingerprint density at radius 3 is 2.48 bits per heavy atom. The van der Waals surface area contributed by atoms with E-state index >= 15 is 0 Å². The van der Waals surface area contributed by atoms with Crippen molar-refractivity contribution in [2.45, 2.75) is 37.0 Å². The van der Waals surface area contributed by atoms with Crippen molar-refractivity contribution < 1.29 is 22.7 Å². The molecule has 208 valence electrons. The molecule has 0 bridgehead atoms. The Kier molecular flexibility index (Phi) is 7.44. The maximum absolute atomic E-state index is 13.4. The highest BCUT2D eigenvalue weighted by molar-refractivity contribution is 7.89. The van der Waals surface area contributed by atoms with Crippen LogP contribution in [0.4, 0.5) is 0 Å². The zero-order valence-corrected chi connectivity index (χ0v) is 23.8. The number of esters is 1. The lowest BCUT2D eigenvalue weighted by Gasteiger charge is -2.26. The molecule has 1 aliphatic heterocycles. The van der Waals surface area contributed by atoms with E-state index in [4.69, 9.17) is 21.1 Å². The predicted octanol–water partition coefficient (Wildman–Crippen LogP) is 5.84. The summed E-state index contributed by atoms with van der Waals surface area (Å²) in [4.78, 5) is 17.3. The number of benzene rings is 3. The first kappa shape index (κ1) is 27.0. The van der Waals surface area contributed by atoms with Gasteiger partial charge in [-0.25, -0.2) is 8.42 Å². The highest BCUT2D eigenvalue weighted by atomic mass is 35.5. The minimum Gasteiger partial charge on any atom is -0.426 e. The van der Waals surface area contributed by atoms with E-state index in [1.165, 1.54) is 20.8 Å². The normalized spacial score (nSPS) is 20.1. The van der Waals surface area contributed by atoms with Crippen LogP contribution >= 0.6 is 11.6 Å². The van der Waals surface area contributed by atoms with Crippen LogP contribution in [-0.4, -0.2) is 50.0 Å². The molecule has 0 saturated carbocycles. The van der Waals surface area contributed by atoms with Crippen molar-refractivity contribution in [3.63, 3.8) is 0 Å². The van der Waals surface area contributed by atoms with E-state index in [-0.39, 0.29) is 22.7 Å². The van der Waals surface area contributed by atoms with Crippen molar-refractivity contribution in [1.29, 1.82) is 0 Å². The zero-order valence-electron chi connectivity index (χ0n) is 22.2. The molecule has 1 saturated heterocycles. The third-order valence-electron chi connectivity index (χ3n) is 7.96. The molecular formula is C31H31ClN2O5S. The van der Waals surface area contributed by atoms with Crippen LogP contribution in [0.3, 0.4) is 0 Å². The number of aromatic nitrogens is 1. The van der Waals surface area contributed by atoms with Gasteiger partial charge in [-0.3, -0.25) is 4.79 Å². The van der Waals surface area contributed by atoms with Gasteiger partial charge in [0, 0.05) is 40.6 Å². The van der Waals surface area contributed by atoms with Gasteiger partial charge >= 0.3 is 5.97 Å². The van der Waals surface area contributed by atoms with Gasteiger partial charge in [0.2, 0.25) is 10.0 Å². The predicted molar refractivity (Wildman–Crippen MR) is 154 cm³/mol. The summed E-state index contributed by atoms with van der Waals surface area (Å²) in [6, 6.07) is 20.3. The van der Waals surface area contributed by atoms with E-state index in [0.717, 1.165) is 23.2 Å². The second kappa shape index (κ2) is 11.0. The molecule has 0 amide bonds. The molecule has 2 heterocycles. The minimum absolute atomic E-state index is 0.131. The Morgan fingerprint density at radius 1 is 1.02 bits per heavy atom. The van der Waals surface area contributed by atoms with Crippen LogP contribution in [0.2, 0.25) is 5.02 Å². The monoisotopic (exact) mass is 578 g/mol. The summed E-state index contributed by atoms with van der Waals surface area (Å²) in [6.07, 6.45) is 1.93. The van der Waals surface area contributed by atoms with Crippen LogP contribution in [-0.2, 0) is 26.0 Å². The summed E-state index contributed by atoms with van der Waals surface area (Å²) in [5, 5.41) is 1.74. The molecular weight excluding hydrogens is 548 g/mol. The Hall–Kier alpha value is -3.17. The summed E-state index contributed by atoms with van der Waals surface area (Å²) in [5.41, 5.74) is 5.47. The van der Waals surface area contributed by atoms with Crippen molar-refractivity contribution in [3.8, 4) is 5.75 Å². The van der Waals surface area contributed by atoms with E-state index in [1.807, 2.05) is 12.1 Å². The number of morpholine rings is 1. The average Bonchev–Trinajstić information content (AvgIpc) is 3.20. The van der Waals surface area contributed by atoms with Gasteiger partial charge in [-0.2, -0.15) is 4.31 Å². The molecule has 1 aliphatic carbocycles.